The van der Waals surface area contributed by atoms with Crippen molar-refractivity contribution in [3.63, 3.8) is 0 Å². The molecule has 1 unspecified atom stereocenters. The molecule has 3 heteroatoms. The zero-order chi connectivity index (χ0) is 12.3. The van der Waals surface area contributed by atoms with Crippen LogP contribution in [0.2, 0.25) is 0 Å². The van der Waals surface area contributed by atoms with Crippen molar-refractivity contribution in [1.29, 1.82) is 0 Å². The van der Waals surface area contributed by atoms with Crippen molar-refractivity contribution in [3.8, 4) is 0 Å². The molecule has 0 aliphatic carbocycles. The van der Waals surface area contributed by atoms with E-state index in [1.54, 1.807) is 0 Å². The number of hydrogen-bond donors (Lipinski definition) is 1. The van der Waals surface area contributed by atoms with Gasteiger partial charge in [-0.3, -0.25) is 4.90 Å². The zero-order valence-electron chi connectivity index (χ0n) is 11.7. The van der Waals surface area contributed by atoms with E-state index in [1.807, 2.05) is 0 Å². The van der Waals surface area contributed by atoms with Crippen molar-refractivity contribution < 1.29 is 0 Å². The van der Waals surface area contributed by atoms with Gasteiger partial charge in [-0.05, 0) is 70.5 Å². The molecule has 0 aromatic rings. The van der Waals surface area contributed by atoms with Gasteiger partial charge in [-0.2, -0.15) is 11.8 Å². The SMILES string of the molecule is CC(C)(C)NCC1CCN(C2CCSCC2)C1. The van der Waals surface area contributed by atoms with Crippen LogP contribution in [0.5, 0.6) is 0 Å². The quantitative estimate of drug-likeness (QED) is 0.835. The standard InChI is InChI=1S/C14H28N2S/c1-14(2,3)15-10-12-4-7-16(11-12)13-5-8-17-9-6-13/h12-13,15H,4-11H2,1-3H3. The lowest BCUT2D eigenvalue weighted by molar-refractivity contribution is 0.219. The van der Waals surface area contributed by atoms with Gasteiger partial charge in [-0.25, -0.2) is 0 Å². The van der Waals surface area contributed by atoms with Crippen molar-refractivity contribution in [2.45, 2.75) is 51.6 Å². The van der Waals surface area contributed by atoms with Gasteiger partial charge in [0.15, 0.2) is 0 Å². The van der Waals surface area contributed by atoms with E-state index in [1.165, 1.54) is 50.4 Å². The van der Waals surface area contributed by atoms with Gasteiger partial charge in [-0.15, -0.1) is 0 Å². The summed E-state index contributed by atoms with van der Waals surface area (Å²) >= 11 is 2.13. The Morgan fingerprint density at radius 2 is 1.88 bits per heavy atom. The highest BCUT2D eigenvalue weighted by molar-refractivity contribution is 7.99. The van der Waals surface area contributed by atoms with Crippen molar-refractivity contribution in [2.24, 2.45) is 5.92 Å². The third kappa shape index (κ3) is 4.46. The molecular weight excluding hydrogens is 228 g/mol. The summed E-state index contributed by atoms with van der Waals surface area (Å²) in [5, 5.41) is 3.66. The van der Waals surface area contributed by atoms with E-state index in [2.05, 4.69) is 42.7 Å². The molecule has 0 bridgehead atoms. The molecule has 0 aromatic carbocycles. The fraction of sp³-hybridized carbons (Fsp3) is 1.00. The molecule has 2 saturated heterocycles. The molecule has 2 nitrogen and oxygen atoms in total. The lowest BCUT2D eigenvalue weighted by Gasteiger charge is -2.31. The van der Waals surface area contributed by atoms with E-state index in [-0.39, 0.29) is 5.54 Å². The van der Waals surface area contributed by atoms with Gasteiger partial charge < -0.3 is 5.32 Å². The van der Waals surface area contributed by atoms with Crippen LogP contribution in [0.4, 0.5) is 0 Å². The van der Waals surface area contributed by atoms with Crippen LogP contribution in [0.25, 0.3) is 0 Å². The molecule has 17 heavy (non-hydrogen) atoms. The molecule has 2 aliphatic heterocycles. The number of thioether (sulfide) groups is 1. The number of nitrogens with zero attached hydrogens (tertiary/aromatic N) is 1. The van der Waals surface area contributed by atoms with Gasteiger partial charge in [0.05, 0.1) is 0 Å². The average Bonchev–Trinajstić information content (AvgIpc) is 2.75. The minimum absolute atomic E-state index is 0.273. The molecule has 0 aromatic heterocycles. The lowest BCUT2D eigenvalue weighted by Crippen LogP contribution is -2.41. The van der Waals surface area contributed by atoms with E-state index in [9.17, 15) is 0 Å². The summed E-state index contributed by atoms with van der Waals surface area (Å²) in [5.74, 6) is 3.64. The summed E-state index contributed by atoms with van der Waals surface area (Å²) in [6.07, 6.45) is 4.24. The summed E-state index contributed by atoms with van der Waals surface area (Å²) < 4.78 is 0. The predicted molar refractivity (Wildman–Crippen MR) is 77.8 cm³/mol. The molecule has 0 radical (unpaired) electrons. The number of nitrogens with one attached hydrogen (secondary N) is 1. The summed E-state index contributed by atoms with van der Waals surface area (Å²) in [6, 6.07) is 0.899. The minimum Gasteiger partial charge on any atom is -0.312 e. The Kier molecular flexibility index (Phi) is 4.79. The van der Waals surface area contributed by atoms with Crippen LogP contribution in [0.3, 0.4) is 0 Å². The average molecular weight is 256 g/mol. The molecule has 100 valence electrons. The van der Waals surface area contributed by atoms with E-state index in [0.29, 0.717) is 0 Å². The molecule has 2 heterocycles. The molecule has 0 saturated carbocycles. The first-order valence-corrected chi connectivity index (χ1v) is 8.27. The fourth-order valence-corrected chi connectivity index (χ4v) is 3.94. The minimum atomic E-state index is 0.273. The van der Waals surface area contributed by atoms with Crippen LogP contribution in [0.1, 0.15) is 40.0 Å². The van der Waals surface area contributed by atoms with Crippen molar-refractivity contribution in [3.05, 3.63) is 0 Å². The van der Waals surface area contributed by atoms with Crippen LogP contribution in [0, 0.1) is 5.92 Å². The Morgan fingerprint density at radius 3 is 2.53 bits per heavy atom. The third-order valence-corrected chi connectivity index (χ3v) is 4.99. The van der Waals surface area contributed by atoms with Crippen LogP contribution >= 0.6 is 11.8 Å². The van der Waals surface area contributed by atoms with Crippen LogP contribution in [-0.4, -0.2) is 47.6 Å². The zero-order valence-corrected chi connectivity index (χ0v) is 12.5. The molecule has 1 N–H and O–H groups in total. The van der Waals surface area contributed by atoms with Gasteiger partial charge in [0.25, 0.3) is 0 Å². The van der Waals surface area contributed by atoms with E-state index in [0.717, 1.165) is 12.0 Å². The third-order valence-electron chi connectivity index (χ3n) is 3.95. The largest absolute Gasteiger partial charge is 0.312 e. The predicted octanol–water partition coefficient (Wildman–Crippen LogP) is 2.59. The number of hydrogen-bond acceptors (Lipinski definition) is 3. The molecule has 2 aliphatic rings. The molecular formula is C14H28N2S. The van der Waals surface area contributed by atoms with Crippen molar-refractivity contribution >= 4 is 11.8 Å². The second-order valence-electron chi connectivity index (χ2n) is 6.62. The highest BCUT2D eigenvalue weighted by atomic mass is 32.2. The van der Waals surface area contributed by atoms with Crippen molar-refractivity contribution in [1.82, 2.24) is 10.2 Å². The Labute approximate surface area is 111 Å². The number of rotatable bonds is 3. The summed E-state index contributed by atoms with van der Waals surface area (Å²) in [7, 11) is 0. The van der Waals surface area contributed by atoms with Gasteiger partial charge in [0.1, 0.15) is 0 Å². The molecule has 1 atom stereocenters. The number of likely N-dealkylation sites (tertiary alicyclic amines) is 1. The lowest BCUT2D eigenvalue weighted by atomic mass is 10.1. The molecule has 0 amide bonds. The Bertz CT molecular complexity index is 231. The Balaban J connectivity index is 1.71. The maximum atomic E-state index is 3.66. The summed E-state index contributed by atoms with van der Waals surface area (Å²) in [6.45, 7) is 10.7. The monoisotopic (exact) mass is 256 g/mol. The fourth-order valence-electron chi connectivity index (χ4n) is 2.86. The highest BCUT2D eigenvalue weighted by Crippen LogP contribution is 2.26. The normalized spacial score (nSPS) is 28.8. The first-order chi connectivity index (χ1) is 8.04. The molecule has 2 fully saturated rings. The second-order valence-corrected chi connectivity index (χ2v) is 7.85. The second kappa shape index (κ2) is 5.94. The van der Waals surface area contributed by atoms with Crippen LogP contribution < -0.4 is 5.32 Å². The Hall–Kier alpha value is 0.270. The highest BCUT2D eigenvalue weighted by Gasteiger charge is 2.29. The Morgan fingerprint density at radius 1 is 1.18 bits per heavy atom. The maximum absolute atomic E-state index is 3.66. The van der Waals surface area contributed by atoms with E-state index >= 15 is 0 Å². The topological polar surface area (TPSA) is 15.3 Å². The van der Waals surface area contributed by atoms with Gasteiger partial charge >= 0.3 is 0 Å². The smallest absolute Gasteiger partial charge is 0.0111 e. The molecule has 2 rings (SSSR count). The molecule has 0 spiro atoms. The van der Waals surface area contributed by atoms with Crippen LogP contribution in [0.15, 0.2) is 0 Å². The van der Waals surface area contributed by atoms with E-state index < -0.39 is 0 Å². The van der Waals surface area contributed by atoms with Gasteiger partial charge in [0.2, 0.25) is 0 Å². The summed E-state index contributed by atoms with van der Waals surface area (Å²) in [5.41, 5.74) is 0.273. The van der Waals surface area contributed by atoms with Crippen molar-refractivity contribution in [2.75, 3.05) is 31.1 Å². The van der Waals surface area contributed by atoms with Gasteiger partial charge in [-0.1, -0.05) is 0 Å². The first-order valence-electron chi connectivity index (χ1n) is 7.11. The van der Waals surface area contributed by atoms with Crippen LogP contribution in [-0.2, 0) is 0 Å². The van der Waals surface area contributed by atoms with Gasteiger partial charge in [0, 0.05) is 18.1 Å². The first kappa shape index (κ1) is 13.7. The summed E-state index contributed by atoms with van der Waals surface area (Å²) in [4.78, 5) is 2.76. The van der Waals surface area contributed by atoms with E-state index in [4.69, 9.17) is 0 Å². The maximum Gasteiger partial charge on any atom is 0.0111 e.